The van der Waals surface area contributed by atoms with Gasteiger partial charge in [0.1, 0.15) is 0 Å². The van der Waals surface area contributed by atoms with Crippen LogP contribution in [0.15, 0.2) is 30.3 Å². The number of likely N-dealkylation sites (tertiary alicyclic amines) is 1. The van der Waals surface area contributed by atoms with Gasteiger partial charge in [0, 0.05) is 24.8 Å². The maximum absolute atomic E-state index is 12.3. The molecule has 25 heavy (non-hydrogen) atoms. The van der Waals surface area contributed by atoms with Gasteiger partial charge in [-0.05, 0) is 50.9 Å². The number of piperidine rings is 1. The number of nitrogens with one attached hydrogen (secondary N) is 2. The maximum atomic E-state index is 12.3. The summed E-state index contributed by atoms with van der Waals surface area (Å²) in [5.74, 6) is 0.141. The van der Waals surface area contributed by atoms with Gasteiger partial charge >= 0.3 is 0 Å². The van der Waals surface area contributed by atoms with Crippen LogP contribution in [0.3, 0.4) is 0 Å². The number of hydrogen-bond donors (Lipinski definition) is 2. The van der Waals surface area contributed by atoms with Gasteiger partial charge in [0.25, 0.3) is 0 Å². The van der Waals surface area contributed by atoms with Gasteiger partial charge in [-0.3, -0.25) is 14.5 Å². The van der Waals surface area contributed by atoms with Crippen LogP contribution in [0, 0.1) is 5.92 Å². The smallest absolute Gasteiger partial charge is 0.234 e. The molecule has 2 aliphatic heterocycles. The summed E-state index contributed by atoms with van der Waals surface area (Å²) in [7, 11) is 0. The SMILES string of the molecule is O=C(CN1CCC(C(=O)Nc2ccccc2)CC1)NCC1CCCO1. The first kappa shape index (κ1) is 17.9. The molecule has 0 aliphatic carbocycles. The first-order chi connectivity index (χ1) is 12.2. The van der Waals surface area contributed by atoms with Gasteiger partial charge < -0.3 is 15.4 Å². The fraction of sp³-hybridized carbons (Fsp3) is 0.579. The van der Waals surface area contributed by atoms with Gasteiger partial charge in [-0.1, -0.05) is 18.2 Å². The van der Waals surface area contributed by atoms with Crippen LogP contribution in [0.1, 0.15) is 25.7 Å². The predicted molar refractivity (Wildman–Crippen MR) is 96.2 cm³/mol. The van der Waals surface area contributed by atoms with E-state index >= 15 is 0 Å². The Bertz CT molecular complexity index is 565. The van der Waals surface area contributed by atoms with Crippen molar-refractivity contribution in [1.29, 1.82) is 0 Å². The number of hydrogen-bond acceptors (Lipinski definition) is 4. The molecule has 0 spiro atoms. The van der Waals surface area contributed by atoms with Crippen molar-refractivity contribution in [2.45, 2.75) is 31.8 Å². The van der Waals surface area contributed by atoms with Crippen LogP contribution in [0.2, 0.25) is 0 Å². The third-order valence-corrected chi connectivity index (χ3v) is 4.92. The Hall–Kier alpha value is -1.92. The minimum absolute atomic E-state index is 0.0198. The van der Waals surface area contributed by atoms with Gasteiger partial charge in [-0.25, -0.2) is 0 Å². The van der Waals surface area contributed by atoms with E-state index in [-0.39, 0.29) is 23.8 Å². The van der Waals surface area contributed by atoms with Crippen molar-refractivity contribution in [3.63, 3.8) is 0 Å². The molecule has 3 rings (SSSR count). The molecular weight excluding hydrogens is 318 g/mol. The molecule has 1 aromatic rings. The summed E-state index contributed by atoms with van der Waals surface area (Å²) in [5.41, 5.74) is 0.837. The summed E-state index contributed by atoms with van der Waals surface area (Å²) in [6.07, 6.45) is 3.87. The molecule has 0 bridgehead atoms. The van der Waals surface area contributed by atoms with E-state index < -0.39 is 0 Å². The molecule has 6 nitrogen and oxygen atoms in total. The summed E-state index contributed by atoms with van der Waals surface area (Å²) in [6, 6.07) is 9.54. The highest BCUT2D eigenvalue weighted by Gasteiger charge is 2.26. The van der Waals surface area contributed by atoms with Crippen LogP contribution in [0.25, 0.3) is 0 Å². The number of para-hydroxylation sites is 1. The third-order valence-electron chi connectivity index (χ3n) is 4.92. The lowest BCUT2D eigenvalue weighted by Gasteiger charge is -2.30. The molecule has 2 amide bonds. The maximum Gasteiger partial charge on any atom is 0.234 e. The summed E-state index contributed by atoms with van der Waals surface area (Å²) in [5, 5.41) is 5.92. The van der Waals surface area contributed by atoms with Gasteiger partial charge in [0.2, 0.25) is 11.8 Å². The van der Waals surface area contributed by atoms with E-state index in [1.54, 1.807) is 0 Å². The van der Waals surface area contributed by atoms with Crippen LogP contribution in [0.5, 0.6) is 0 Å². The first-order valence-electron chi connectivity index (χ1n) is 9.17. The van der Waals surface area contributed by atoms with Crippen molar-refractivity contribution in [3.05, 3.63) is 30.3 Å². The molecule has 2 saturated heterocycles. The summed E-state index contributed by atoms with van der Waals surface area (Å²) >= 11 is 0. The van der Waals surface area contributed by atoms with Crippen LogP contribution in [-0.4, -0.2) is 55.6 Å². The highest BCUT2D eigenvalue weighted by molar-refractivity contribution is 5.92. The molecule has 0 aromatic heterocycles. The lowest BCUT2D eigenvalue weighted by Crippen LogP contribution is -2.44. The molecule has 1 aromatic carbocycles. The monoisotopic (exact) mass is 345 g/mol. The van der Waals surface area contributed by atoms with Gasteiger partial charge in [0.15, 0.2) is 0 Å². The van der Waals surface area contributed by atoms with Crippen LogP contribution < -0.4 is 10.6 Å². The van der Waals surface area contributed by atoms with Crippen molar-refractivity contribution >= 4 is 17.5 Å². The molecular formula is C19H27N3O3. The zero-order valence-electron chi connectivity index (χ0n) is 14.6. The van der Waals surface area contributed by atoms with E-state index in [0.29, 0.717) is 13.1 Å². The average molecular weight is 345 g/mol. The van der Waals surface area contributed by atoms with Crippen molar-refractivity contribution in [2.75, 3.05) is 38.1 Å². The first-order valence-corrected chi connectivity index (χ1v) is 9.17. The Labute approximate surface area is 148 Å². The van der Waals surface area contributed by atoms with Gasteiger partial charge in [-0.2, -0.15) is 0 Å². The van der Waals surface area contributed by atoms with Gasteiger partial charge in [-0.15, -0.1) is 0 Å². The number of anilines is 1. The van der Waals surface area contributed by atoms with E-state index in [1.807, 2.05) is 30.3 Å². The molecule has 2 fully saturated rings. The molecule has 136 valence electrons. The number of nitrogens with zero attached hydrogens (tertiary/aromatic N) is 1. The number of ether oxygens (including phenoxy) is 1. The molecule has 2 heterocycles. The van der Waals surface area contributed by atoms with Crippen molar-refractivity contribution < 1.29 is 14.3 Å². The number of benzene rings is 1. The predicted octanol–water partition coefficient (Wildman–Crippen LogP) is 1.63. The Morgan fingerprint density at radius 1 is 1.12 bits per heavy atom. The normalized spacial score (nSPS) is 21.8. The van der Waals surface area contributed by atoms with Crippen molar-refractivity contribution in [3.8, 4) is 0 Å². The second-order valence-corrected chi connectivity index (χ2v) is 6.84. The summed E-state index contributed by atoms with van der Waals surface area (Å²) < 4.78 is 5.51. The molecule has 2 aliphatic rings. The Morgan fingerprint density at radius 3 is 2.56 bits per heavy atom. The van der Waals surface area contributed by atoms with E-state index in [2.05, 4.69) is 15.5 Å². The number of amides is 2. The highest BCUT2D eigenvalue weighted by atomic mass is 16.5. The Morgan fingerprint density at radius 2 is 1.88 bits per heavy atom. The van der Waals surface area contributed by atoms with Crippen molar-refractivity contribution in [1.82, 2.24) is 10.2 Å². The topological polar surface area (TPSA) is 70.7 Å². The summed E-state index contributed by atoms with van der Waals surface area (Å²) in [6.45, 7) is 3.37. The Balaban J connectivity index is 1.35. The Kier molecular flexibility index (Phi) is 6.42. The van der Waals surface area contributed by atoms with E-state index in [0.717, 1.165) is 51.1 Å². The highest BCUT2D eigenvalue weighted by Crippen LogP contribution is 2.19. The number of rotatable bonds is 6. The molecule has 6 heteroatoms. The second-order valence-electron chi connectivity index (χ2n) is 6.84. The third kappa shape index (κ3) is 5.54. The van der Waals surface area contributed by atoms with Crippen LogP contribution in [-0.2, 0) is 14.3 Å². The number of carbonyl (C=O) groups excluding carboxylic acids is 2. The zero-order chi connectivity index (χ0) is 17.5. The number of carbonyl (C=O) groups is 2. The molecule has 1 unspecified atom stereocenters. The molecule has 2 N–H and O–H groups in total. The lowest BCUT2D eigenvalue weighted by atomic mass is 9.96. The van der Waals surface area contributed by atoms with Crippen LogP contribution >= 0.6 is 0 Å². The van der Waals surface area contributed by atoms with Crippen LogP contribution in [0.4, 0.5) is 5.69 Å². The van der Waals surface area contributed by atoms with E-state index in [4.69, 9.17) is 4.74 Å². The van der Waals surface area contributed by atoms with E-state index in [1.165, 1.54) is 0 Å². The lowest BCUT2D eigenvalue weighted by molar-refractivity contribution is -0.123. The molecule has 0 saturated carbocycles. The molecule has 0 radical (unpaired) electrons. The fourth-order valence-corrected chi connectivity index (χ4v) is 3.41. The largest absolute Gasteiger partial charge is 0.376 e. The minimum Gasteiger partial charge on any atom is -0.376 e. The zero-order valence-corrected chi connectivity index (χ0v) is 14.6. The fourth-order valence-electron chi connectivity index (χ4n) is 3.41. The minimum atomic E-state index is 0.0198. The second kappa shape index (κ2) is 8.97. The van der Waals surface area contributed by atoms with Crippen molar-refractivity contribution in [2.24, 2.45) is 5.92 Å². The molecule has 1 atom stereocenters. The standard InChI is InChI=1S/C19H27N3O3/c23-18(20-13-17-7-4-12-25-17)14-22-10-8-15(9-11-22)19(24)21-16-5-2-1-3-6-16/h1-3,5-6,15,17H,4,7-14H2,(H,20,23)(H,21,24). The quantitative estimate of drug-likeness (QED) is 0.822. The van der Waals surface area contributed by atoms with Gasteiger partial charge in [0.05, 0.1) is 12.6 Å². The average Bonchev–Trinajstić information content (AvgIpc) is 3.15. The summed E-state index contributed by atoms with van der Waals surface area (Å²) in [4.78, 5) is 26.5. The van der Waals surface area contributed by atoms with E-state index in [9.17, 15) is 9.59 Å².